The van der Waals surface area contributed by atoms with Gasteiger partial charge in [0.05, 0.1) is 6.10 Å². The molecule has 0 radical (unpaired) electrons. The standard InChI is InChI=1S/C18H25NOS/c1-14(2)20-16-9-6-5-8-15(16)12-19-13-18(3,4)17-10-7-11-21-17/h5-11,14,19H,12-13H2,1-4H3. The van der Waals surface area contributed by atoms with Gasteiger partial charge in [-0.2, -0.15) is 0 Å². The fourth-order valence-corrected chi connectivity index (χ4v) is 3.13. The molecule has 2 nitrogen and oxygen atoms in total. The van der Waals surface area contributed by atoms with Crippen molar-refractivity contribution in [2.45, 2.75) is 45.8 Å². The van der Waals surface area contributed by atoms with Crippen LogP contribution in [-0.4, -0.2) is 12.6 Å². The molecule has 2 aromatic rings. The summed E-state index contributed by atoms with van der Waals surface area (Å²) in [6, 6.07) is 12.6. The molecule has 0 saturated heterocycles. The maximum atomic E-state index is 5.86. The van der Waals surface area contributed by atoms with Crippen LogP contribution in [-0.2, 0) is 12.0 Å². The summed E-state index contributed by atoms with van der Waals surface area (Å²) in [4.78, 5) is 1.42. The molecule has 0 aliphatic heterocycles. The molecule has 0 atom stereocenters. The molecular weight excluding hydrogens is 278 g/mol. The van der Waals surface area contributed by atoms with Gasteiger partial charge >= 0.3 is 0 Å². The van der Waals surface area contributed by atoms with Crippen LogP contribution in [0.25, 0.3) is 0 Å². The maximum absolute atomic E-state index is 5.86. The molecule has 1 aromatic carbocycles. The van der Waals surface area contributed by atoms with Crippen molar-refractivity contribution in [3.8, 4) is 5.75 Å². The van der Waals surface area contributed by atoms with E-state index < -0.39 is 0 Å². The zero-order chi connectivity index (χ0) is 15.3. The molecule has 0 bridgehead atoms. The van der Waals surface area contributed by atoms with Gasteiger partial charge in [-0.15, -0.1) is 11.3 Å². The lowest BCUT2D eigenvalue weighted by molar-refractivity contribution is 0.239. The van der Waals surface area contributed by atoms with Crippen molar-refractivity contribution < 1.29 is 4.74 Å². The molecule has 2 rings (SSSR count). The van der Waals surface area contributed by atoms with Crippen LogP contribution in [0.1, 0.15) is 38.1 Å². The van der Waals surface area contributed by atoms with Crippen LogP contribution in [0.3, 0.4) is 0 Å². The van der Waals surface area contributed by atoms with Crippen LogP contribution in [0, 0.1) is 0 Å². The van der Waals surface area contributed by atoms with Gasteiger partial charge in [0.15, 0.2) is 0 Å². The number of nitrogens with one attached hydrogen (secondary N) is 1. The second-order valence-electron chi connectivity index (χ2n) is 6.24. The number of benzene rings is 1. The summed E-state index contributed by atoms with van der Waals surface area (Å²) in [7, 11) is 0. The highest BCUT2D eigenvalue weighted by Gasteiger charge is 2.21. The van der Waals surface area contributed by atoms with Crippen molar-refractivity contribution in [3.63, 3.8) is 0 Å². The third-order valence-corrected chi connectivity index (χ3v) is 4.64. The van der Waals surface area contributed by atoms with Crippen molar-refractivity contribution in [1.82, 2.24) is 5.32 Å². The highest BCUT2D eigenvalue weighted by atomic mass is 32.1. The van der Waals surface area contributed by atoms with Crippen molar-refractivity contribution >= 4 is 11.3 Å². The molecule has 21 heavy (non-hydrogen) atoms. The predicted octanol–water partition coefficient (Wildman–Crippen LogP) is 4.60. The topological polar surface area (TPSA) is 21.3 Å². The van der Waals surface area contributed by atoms with Gasteiger partial charge in [0.1, 0.15) is 5.75 Å². The van der Waals surface area contributed by atoms with Crippen molar-refractivity contribution in [3.05, 3.63) is 52.2 Å². The van der Waals surface area contributed by atoms with Gasteiger partial charge in [0, 0.05) is 28.9 Å². The minimum atomic E-state index is 0.155. The molecule has 0 amide bonds. The first-order chi connectivity index (χ1) is 9.99. The van der Waals surface area contributed by atoms with Crippen molar-refractivity contribution in [2.24, 2.45) is 0 Å². The Hall–Kier alpha value is -1.32. The number of ether oxygens (including phenoxy) is 1. The number of thiophene rings is 1. The second-order valence-corrected chi connectivity index (χ2v) is 7.19. The predicted molar refractivity (Wildman–Crippen MR) is 91.3 cm³/mol. The molecular formula is C18H25NOS. The summed E-state index contributed by atoms with van der Waals surface area (Å²) in [5, 5.41) is 5.71. The average Bonchev–Trinajstić information content (AvgIpc) is 2.95. The van der Waals surface area contributed by atoms with Crippen LogP contribution in [0.15, 0.2) is 41.8 Å². The minimum absolute atomic E-state index is 0.155. The van der Waals surface area contributed by atoms with E-state index in [0.717, 1.165) is 18.8 Å². The smallest absolute Gasteiger partial charge is 0.124 e. The minimum Gasteiger partial charge on any atom is -0.491 e. The van der Waals surface area contributed by atoms with Crippen LogP contribution in [0.4, 0.5) is 0 Å². The second kappa shape index (κ2) is 7.10. The van der Waals surface area contributed by atoms with E-state index in [1.807, 2.05) is 23.5 Å². The number of rotatable bonds is 7. The average molecular weight is 303 g/mol. The molecule has 0 aliphatic rings. The molecule has 0 saturated carbocycles. The summed E-state index contributed by atoms with van der Waals surface area (Å²) < 4.78 is 5.86. The molecule has 3 heteroatoms. The Balaban J connectivity index is 1.95. The Bertz CT molecular complexity index is 546. The maximum Gasteiger partial charge on any atom is 0.124 e. The molecule has 1 N–H and O–H groups in total. The van der Waals surface area contributed by atoms with Gasteiger partial charge in [-0.25, -0.2) is 0 Å². The first-order valence-electron chi connectivity index (χ1n) is 7.48. The fraction of sp³-hybridized carbons (Fsp3) is 0.444. The van der Waals surface area contributed by atoms with E-state index in [2.05, 4.69) is 62.7 Å². The summed E-state index contributed by atoms with van der Waals surface area (Å²) in [5.41, 5.74) is 1.37. The number of para-hydroxylation sites is 1. The number of hydrogen-bond donors (Lipinski definition) is 1. The van der Waals surface area contributed by atoms with E-state index in [9.17, 15) is 0 Å². The molecule has 1 aromatic heterocycles. The Labute approximate surface area is 132 Å². The largest absolute Gasteiger partial charge is 0.491 e. The van der Waals surface area contributed by atoms with E-state index in [-0.39, 0.29) is 11.5 Å². The van der Waals surface area contributed by atoms with E-state index in [1.165, 1.54) is 10.4 Å². The van der Waals surface area contributed by atoms with Crippen LogP contribution in [0.2, 0.25) is 0 Å². The quantitative estimate of drug-likeness (QED) is 0.807. The molecule has 0 fully saturated rings. The highest BCUT2D eigenvalue weighted by Crippen LogP contribution is 2.27. The molecule has 114 valence electrons. The zero-order valence-corrected chi connectivity index (χ0v) is 14.2. The van der Waals surface area contributed by atoms with E-state index in [1.54, 1.807) is 0 Å². The summed E-state index contributed by atoms with van der Waals surface area (Å²) in [5.74, 6) is 0.980. The Morgan fingerprint density at radius 1 is 1.14 bits per heavy atom. The first-order valence-corrected chi connectivity index (χ1v) is 8.36. The lowest BCUT2D eigenvalue weighted by Gasteiger charge is -2.24. The third-order valence-electron chi connectivity index (χ3n) is 3.41. The zero-order valence-electron chi connectivity index (χ0n) is 13.3. The summed E-state index contributed by atoms with van der Waals surface area (Å²) >= 11 is 1.82. The Morgan fingerprint density at radius 2 is 1.90 bits per heavy atom. The Morgan fingerprint density at radius 3 is 2.57 bits per heavy atom. The summed E-state index contributed by atoms with van der Waals surface area (Å²) in [6.07, 6.45) is 0.203. The lowest BCUT2D eigenvalue weighted by Crippen LogP contribution is -2.32. The van der Waals surface area contributed by atoms with Gasteiger partial charge in [-0.05, 0) is 31.4 Å². The van der Waals surface area contributed by atoms with Gasteiger partial charge in [-0.3, -0.25) is 0 Å². The van der Waals surface area contributed by atoms with Gasteiger partial charge in [0.2, 0.25) is 0 Å². The summed E-state index contributed by atoms with van der Waals surface area (Å²) in [6.45, 7) is 10.5. The SMILES string of the molecule is CC(C)Oc1ccccc1CNCC(C)(C)c1cccs1. The normalized spacial score (nSPS) is 11.9. The van der Waals surface area contributed by atoms with Crippen molar-refractivity contribution in [2.75, 3.05) is 6.54 Å². The van der Waals surface area contributed by atoms with Gasteiger partial charge in [0.25, 0.3) is 0 Å². The monoisotopic (exact) mass is 303 g/mol. The van der Waals surface area contributed by atoms with Crippen LogP contribution < -0.4 is 10.1 Å². The van der Waals surface area contributed by atoms with E-state index in [0.29, 0.717) is 0 Å². The number of hydrogen-bond acceptors (Lipinski definition) is 3. The third kappa shape index (κ3) is 4.58. The van der Waals surface area contributed by atoms with Gasteiger partial charge < -0.3 is 10.1 Å². The first kappa shape index (κ1) is 16.1. The lowest BCUT2D eigenvalue weighted by atomic mass is 9.91. The molecule has 0 unspecified atom stereocenters. The van der Waals surface area contributed by atoms with Crippen molar-refractivity contribution in [1.29, 1.82) is 0 Å². The molecule has 0 aliphatic carbocycles. The Kier molecular flexibility index (Phi) is 5.43. The highest BCUT2D eigenvalue weighted by molar-refractivity contribution is 7.10. The van der Waals surface area contributed by atoms with Crippen LogP contribution >= 0.6 is 11.3 Å². The van der Waals surface area contributed by atoms with E-state index in [4.69, 9.17) is 4.74 Å². The molecule has 1 heterocycles. The fourth-order valence-electron chi connectivity index (χ4n) is 2.28. The van der Waals surface area contributed by atoms with Gasteiger partial charge in [-0.1, -0.05) is 38.1 Å². The van der Waals surface area contributed by atoms with Crippen LogP contribution in [0.5, 0.6) is 5.75 Å². The van der Waals surface area contributed by atoms with E-state index >= 15 is 0 Å². The molecule has 0 spiro atoms.